The van der Waals surface area contributed by atoms with E-state index in [0.29, 0.717) is 0 Å². The summed E-state index contributed by atoms with van der Waals surface area (Å²) in [5.41, 5.74) is 0.259. The number of rotatable bonds is 3. The Labute approximate surface area is 75.9 Å². The first-order valence-electron chi connectivity index (χ1n) is 3.82. The quantitative estimate of drug-likeness (QED) is 0.338. The van der Waals surface area contributed by atoms with E-state index in [1.54, 1.807) is 4.90 Å². The minimum Gasteiger partial charge on any atom is -0.466 e. The maximum absolute atomic E-state index is 11.1. The standard InChI is InChI=1S/C8H11NO4/c1-12-7(10)5-6(8(11)13-2)9-3-4-9/h5H,3-4H2,1-2H3/b6-5+. The van der Waals surface area contributed by atoms with Crippen molar-refractivity contribution in [1.29, 1.82) is 0 Å². The largest absolute Gasteiger partial charge is 0.466 e. The summed E-state index contributed by atoms with van der Waals surface area (Å²) in [6.45, 7) is 1.55. The molecule has 13 heavy (non-hydrogen) atoms. The Morgan fingerprint density at radius 1 is 1.23 bits per heavy atom. The first kappa shape index (κ1) is 9.57. The van der Waals surface area contributed by atoms with Crippen LogP contribution in [0.1, 0.15) is 0 Å². The molecule has 1 aliphatic heterocycles. The molecule has 1 saturated heterocycles. The fourth-order valence-electron chi connectivity index (χ4n) is 0.845. The van der Waals surface area contributed by atoms with Crippen LogP contribution in [0.3, 0.4) is 0 Å². The van der Waals surface area contributed by atoms with Crippen molar-refractivity contribution in [3.63, 3.8) is 0 Å². The maximum atomic E-state index is 11.1. The summed E-state index contributed by atoms with van der Waals surface area (Å²) in [4.78, 5) is 23.7. The normalized spacial score (nSPS) is 15.2. The number of hydrogen-bond acceptors (Lipinski definition) is 5. The Balaban J connectivity index is 2.71. The summed E-state index contributed by atoms with van der Waals surface area (Å²) in [6, 6.07) is 0. The molecule has 72 valence electrons. The van der Waals surface area contributed by atoms with Gasteiger partial charge >= 0.3 is 11.9 Å². The fraction of sp³-hybridized carbons (Fsp3) is 0.500. The molecule has 0 atom stereocenters. The van der Waals surface area contributed by atoms with Crippen LogP contribution >= 0.6 is 0 Å². The Morgan fingerprint density at radius 3 is 2.23 bits per heavy atom. The highest BCUT2D eigenvalue weighted by atomic mass is 16.5. The van der Waals surface area contributed by atoms with Gasteiger partial charge in [-0.25, -0.2) is 9.59 Å². The average Bonchev–Trinajstić information content (AvgIpc) is 2.95. The first-order valence-corrected chi connectivity index (χ1v) is 3.82. The first-order chi connectivity index (χ1) is 6.19. The van der Waals surface area contributed by atoms with Gasteiger partial charge < -0.3 is 14.4 Å². The third-order valence-corrected chi connectivity index (χ3v) is 1.64. The van der Waals surface area contributed by atoms with E-state index in [-0.39, 0.29) is 5.70 Å². The molecule has 0 unspecified atom stereocenters. The van der Waals surface area contributed by atoms with E-state index in [0.717, 1.165) is 19.2 Å². The van der Waals surface area contributed by atoms with Gasteiger partial charge in [-0.2, -0.15) is 0 Å². The molecule has 1 fully saturated rings. The lowest BCUT2D eigenvalue weighted by Crippen LogP contribution is -2.14. The Hall–Kier alpha value is -1.52. The molecule has 0 radical (unpaired) electrons. The van der Waals surface area contributed by atoms with E-state index >= 15 is 0 Å². The molecule has 1 rings (SSSR count). The second-order valence-corrected chi connectivity index (χ2v) is 2.53. The van der Waals surface area contributed by atoms with Crippen LogP contribution < -0.4 is 0 Å². The molecule has 0 aromatic carbocycles. The molecule has 0 amide bonds. The number of hydrogen-bond donors (Lipinski definition) is 0. The van der Waals surface area contributed by atoms with Gasteiger partial charge in [0, 0.05) is 13.1 Å². The molecule has 0 aliphatic carbocycles. The molecule has 1 heterocycles. The second-order valence-electron chi connectivity index (χ2n) is 2.53. The lowest BCUT2D eigenvalue weighted by molar-refractivity contribution is -0.139. The fourth-order valence-corrected chi connectivity index (χ4v) is 0.845. The monoisotopic (exact) mass is 185 g/mol. The highest BCUT2D eigenvalue weighted by Crippen LogP contribution is 2.15. The van der Waals surface area contributed by atoms with Crippen molar-refractivity contribution in [2.24, 2.45) is 0 Å². The smallest absolute Gasteiger partial charge is 0.354 e. The van der Waals surface area contributed by atoms with Crippen LogP contribution in [-0.4, -0.2) is 44.1 Å². The zero-order chi connectivity index (χ0) is 9.84. The van der Waals surface area contributed by atoms with Crippen molar-refractivity contribution in [2.45, 2.75) is 0 Å². The third-order valence-electron chi connectivity index (χ3n) is 1.64. The topological polar surface area (TPSA) is 55.6 Å². The van der Waals surface area contributed by atoms with E-state index in [4.69, 9.17) is 0 Å². The summed E-state index contributed by atoms with van der Waals surface area (Å²) in [7, 11) is 2.53. The van der Waals surface area contributed by atoms with Gasteiger partial charge in [0.15, 0.2) is 0 Å². The van der Waals surface area contributed by atoms with Gasteiger partial charge in [0.05, 0.1) is 20.3 Å². The van der Waals surface area contributed by atoms with Crippen LogP contribution in [0.25, 0.3) is 0 Å². The number of ether oxygens (including phenoxy) is 2. The van der Waals surface area contributed by atoms with Gasteiger partial charge in [-0.1, -0.05) is 0 Å². The minimum atomic E-state index is -0.549. The van der Waals surface area contributed by atoms with Gasteiger partial charge in [0.1, 0.15) is 5.70 Å². The SMILES string of the molecule is COC(=O)/C=C(\C(=O)OC)N1CC1. The van der Waals surface area contributed by atoms with Gasteiger partial charge in [0.2, 0.25) is 0 Å². The maximum Gasteiger partial charge on any atom is 0.354 e. The molecule has 0 spiro atoms. The number of esters is 2. The summed E-state index contributed by atoms with van der Waals surface area (Å²) in [6.07, 6.45) is 1.14. The predicted molar refractivity (Wildman–Crippen MR) is 43.7 cm³/mol. The van der Waals surface area contributed by atoms with Gasteiger partial charge in [-0.05, 0) is 0 Å². The Bertz CT molecular complexity index is 255. The van der Waals surface area contributed by atoms with Crippen molar-refractivity contribution < 1.29 is 19.1 Å². The van der Waals surface area contributed by atoms with Crippen molar-refractivity contribution in [2.75, 3.05) is 27.3 Å². The average molecular weight is 185 g/mol. The number of carbonyl (C=O) groups excluding carboxylic acids is 2. The molecule has 0 aromatic rings. The van der Waals surface area contributed by atoms with Crippen LogP contribution in [0.2, 0.25) is 0 Å². The number of nitrogens with zero attached hydrogens (tertiary/aromatic N) is 1. The van der Waals surface area contributed by atoms with Gasteiger partial charge in [0.25, 0.3) is 0 Å². The Morgan fingerprint density at radius 2 is 1.85 bits per heavy atom. The lowest BCUT2D eigenvalue weighted by atomic mass is 10.4. The molecule has 1 aliphatic rings. The Kier molecular flexibility index (Phi) is 2.89. The number of carbonyl (C=O) groups is 2. The van der Waals surface area contributed by atoms with Crippen LogP contribution in [-0.2, 0) is 19.1 Å². The molecular formula is C8H11NO4. The zero-order valence-electron chi connectivity index (χ0n) is 7.57. The van der Waals surface area contributed by atoms with Crippen LogP contribution in [0.4, 0.5) is 0 Å². The summed E-state index contributed by atoms with van der Waals surface area (Å²) >= 11 is 0. The summed E-state index contributed by atoms with van der Waals surface area (Å²) in [5.74, 6) is -1.06. The molecule has 0 bridgehead atoms. The van der Waals surface area contributed by atoms with Gasteiger partial charge in [-0.15, -0.1) is 0 Å². The number of methoxy groups -OCH3 is 2. The molecule has 5 nitrogen and oxygen atoms in total. The van der Waals surface area contributed by atoms with E-state index < -0.39 is 11.9 Å². The summed E-state index contributed by atoms with van der Waals surface area (Å²) in [5, 5.41) is 0. The van der Waals surface area contributed by atoms with E-state index in [1.165, 1.54) is 14.2 Å². The third kappa shape index (κ3) is 2.47. The van der Waals surface area contributed by atoms with E-state index in [1.807, 2.05) is 0 Å². The van der Waals surface area contributed by atoms with Crippen LogP contribution in [0.15, 0.2) is 11.8 Å². The molecule has 0 saturated carbocycles. The predicted octanol–water partition coefficient (Wildman–Crippen LogP) is -0.468. The van der Waals surface area contributed by atoms with Crippen molar-refractivity contribution in [3.8, 4) is 0 Å². The van der Waals surface area contributed by atoms with Crippen molar-refractivity contribution in [1.82, 2.24) is 4.90 Å². The second kappa shape index (κ2) is 3.93. The van der Waals surface area contributed by atoms with Gasteiger partial charge in [-0.3, -0.25) is 0 Å². The lowest BCUT2D eigenvalue weighted by Gasteiger charge is -2.05. The van der Waals surface area contributed by atoms with Crippen LogP contribution in [0, 0.1) is 0 Å². The van der Waals surface area contributed by atoms with Crippen molar-refractivity contribution in [3.05, 3.63) is 11.8 Å². The molecule has 5 heteroatoms. The summed E-state index contributed by atoms with van der Waals surface area (Å²) < 4.78 is 8.91. The van der Waals surface area contributed by atoms with Crippen LogP contribution in [0.5, 0.6) is 0 Å². The van der Waals surface area contributed by atoms with E-state index in [9.17, 15) is 9.59 Å². The van der Waals surface area contributed by atoms with E-state index in [2.05, 4.69) is 9.47 Å². The zero-order valence-corrected chi connectivity index (χ0v) is 7.57. The molecule has 0 N–H and O–H groups in total. The molecule has 0 aromatic heterocycles. The minimum absolute atomic E-state index is 0.259. The highest BCUT2D eigenvalue weighted by Gasteiger charge is 2.27. The highest BCUT2D eigenvalue weighted by molar-refractivity contribution is 5.96. The van der Waals surface area contributed by atoms with Crippen molar-refractivity contribution >= 4 is 11.9 Å². The molecular weight excluding hydrogens is 174 g/mol.